The van der Waals surface area contributed by atoms with Crippen LogP contribution in [0.3, 0.4) is 0 Å². The highest BCUT2D eigenvalue weighted by molar-refractivity contribution is 6.13. The molecule has 3 aromatic heterocycles. The molecule has 11 aromatic rings. The first-order valence-corrected chi connectivity index (χ1v) is 19.9. The van der Waals surface area contributed by atoms with E-state index in [2.05, 4.69) is 191 Å². The van der Waals surface area contributed by atoms with Crippen LogP contribution in [0.25, 0.3) is 98.5 Å². The summed E-state index contributed by atoms with van der Waals surface area (Å²) in [6, 6.07) is 62.5. The maximum absolute atomic E-state index is 10.6. The van der Waals surface area contributed by atoms with Gasteiger partial charge in [0.25, 0.3) is 0 Å². The average Bonchev–Trinajstić information content (AvgIpc) is 3.91. The van der Waals surface area contributed by atoms with Crippen molar-refractivity contribution in [2.75, 3.05) is 0 Å². The van der Waals surface area contributed by atoms with Crippen molar-refractivity contribution in [3.05, 3.63) is 192 Å². The first kappa shape index (κ1) is 34.4. The van der Waals surface area contributed by atoms with E-state index in [1.54, 1.807) is 0 Å². The molecular formula is C54H37N5. The molecule has 5 heteroatoms. The Morgan fingerprint density at radius 2 is 0.881 bits per heavy atom. The minimum atomic E-state index is -0.155. The third-order valence-electron chi connectivity index (χ3n) is 12.0. The van der Waals surface area contributed by atoms with Gasteiger partial charge in [-0.3, -0.25) is 0 Å². The molecule has 0 bridgehead atoms. The number of hydrogen-bond acceptors (Lipinski definition) is 1. The molecule has 278 valence electrons. The SMILES string of the molecule is [C-]#[N+]c1ccc2c(c1)c1ccccc1n2-c1cc(-c2cc(C#N)cc(-n3c4ccccc4c4cc(-n5c6ccccc6c6ccccc65)ccc43)c2)cc(C(C)(C)C)c1. The van der Waals surface area contributed by atoms with Crippen LogP contribution in [0.1, 0.15) is 31.9 Å². The summed E-state index contributed by atoms with van der Waals surface area (Å²) in [5.74, 6) is 0. The lowest BCUT2D eigenvalue weighted by atomic mass is 9.84. The molecule has 0 saturated heterocycles. The van der Waals surface area contributed by atoms with Crippen LogP contribution < -0.4 is 0 Å². The summed E-state index contributed by atoms with van der Waals surface area (Å²) < 4.78 is 6.99. The van der Waals surface area contributed by atoms with Crippen LogP contribution in [-0.4, -0.2) is 13.7 Å². The number of benzene rings is 8. The zero-order valence-electron chi connectivity index (χ0n) is 32.9. The second-order valence-electron chi connectivity index (χ2n) is 16.5. The van der Waals surface area contributed by atoms with E-state index >= 15 is 0 Å². The van der Waals surface area contributed by atoms with Gasteiger partial charge in [-0.05, 0) is 112 Å². The monoisotopic (exact) mass is 755 g/mol. The van der Waals surface area contributed by atoms with Gasteiger partial charge in [0.1, 0.15) is 0 Å². The zero-order chi connectivity index (χ0) is 40.0. The molecular weight excluding hydrogens is 719 g/mol. The van der Waals surface area contributed by atoms with Crippen LogP contribution in [0, 0.1) is 17.9 Å². The van der Waals surface area contributed by atoms with Crippen molar-refractivity contribution in [2.45, 2.75) is 26.2 Å². The summed E-state index contributed by atoms with van der Waals surface area (Å²) in [4.78, 5) is 3.74. The number of para-hydroxylation sites is 4. The van der Waals surface area contributed by atoms with Gasteiger partial charge >= 0.3 is 0 Å². The number of aromatic nitrogens is 3. The average molecular weight is 756 g/mol. The Labute approximate surface area is 341 Å². The molecule has 0 N–H and O–H groups in total. The van der Waals surface area contributed by atoms with Crippen molar-refractivity contribution in [1.82, 2.24) is 13.7 Å². The maximum Gasteiger partial charge on any atom is 0.188 e. The highest BCUT2D eigenvalue weighted by Crippen LogP contribution is 2.40. The molecule has 59 heavy (non-hydrogen) atoms. The van der Waals surface area contributed by atoms with Crippen molar-refractivity contribution in [3.8, 4) is 34.3 Å². The molecule has 0 atom stereocenters. The molecule has 0 spiro atoms. The molecule has 0 fully saturated rings. The van der Waals surface area contributed by atoms with E-state index in [1.807, 2.05) is 24.3 Å². The van der Waals surface area contributed by atoms with Crippen molar-refractivity contribution >= 4 is 71.1 Å². The van der Waals surface area contributed by atoms with Gasteiger partial charge in [0.2, 0.25) is 0 Å². The van der Waals surface area contributed by atoms with E-state index in [1.165, 1.54) is 27.4 Å². The number of nitriles is 1. The van der Waals surface area contributed by atoms with E-state index in [-0.39, 0.29) is 5.41 Å². The van der Waals surface area contributed by atoms with Crippen LogP contribution >= 0.6 is 0 Å². The van der Waals surface area contributed by atoms with E-state index in [0.29, 0.717) is 11.3 Å². The Kier molecular flexibility index (Phi) is 7.48. The summed E-state index contributed by atoms with van der Waals surface area (Å²) in [6.07, 6.45) is 0. The van der Waals surface area contributed by atoms with E-state index in [0.717, 1.165) is 71.8 Å². The second-order valence-corrected chi connectivity index (χ2v) is 16.5. The predicted octanol–water partition coefficient (Wildman–Crippen LogP) is 14.4. The van der Waals surface area contributed by atoms with Gasteiger partial charge in [0, 0.05) is 44.0 Å². The molecule has 0 aliphatic heterocycles. The van der Waals surface area contributed by atoms with E-state index in [4.69, 9.17) is 6.57 Å². The molecule has 11 rings (SSSR count). The Bertz CT molecular complexity index is 3570. The quantitative estimate of drug-likeness (QED) is 0.165. The van der Waals surface area contributed by atoms with Gasteiger partial charge < -0.3 is 13.7 Å². The fourth-order valence-corrected chi connectivity index (χ4v) is 9.20. The summed E-state index contributed by atoms with van der Waals surface area (Å²) in [5.41, 5.74) is 14.0. The number of fused-ring (bicyclic) bond motifs is 9. The third-order valence-corrected chi connectivity index (χ3v) is 12.0. The van der Waals surface area contributed by atoms with Crippen molar-refractivity contribution in [2.24, 2.45) is 0 Å². The van der Waals surface area contributed by atoms with Crippen molar-refractivity contribution in [1.29, 1.82) is 5.26 Å². The Morgan fingerprint density at radius 1 is 0.441 bits per heavy atom. The summed E-state index contributed by atoms with van der Waals surface area (Å²) in [7, 11) is 0. The fourth-order valence-electron chi connectivity index (χ4n) is 9.20. The molecule has 3 heterocycles. The van der Waals surface area contributed by atoms with Crippen LogP contribution in [0.5, 0.6) is 0 Å². The highest BCUT2D eigenvalue weighted by atomic mass is 15.0. The summed E-state index contributed by atoms with van der Waals surface area (Å²) in [5, 5.41) is 17.5. The summed E-state index contributed by atoms with van der Waals surface area (Å²) in [6.45, 7) is 14.4. The van der Waals surface area contributed by atoms with Crippen LogP contribution in [0.4, 0.5) is 5.69 Å². The van der Waals surface area contributed by atoms with Crippen LogP contribution in [-0.2, 0) is 5.41 Å². The number of nitrogens with zero attached hydrogens (tertiary/aromatic N) is 5. The smallest absolute Gasteiger partial charge is 0.188 e. The summed E-state index contributed by atoms with van der Waals surface area (Å²) >= 11 is 0. The van der Waals surface area contributed by atoms with Gasteiger partial charge in [-0.15, -0.1) is 0 Å². The van der Waals surface area contributed by atoms with Gasteiger partial charge in [-0.25, -0.2) is 4.85 Å². The van der Waals surface area contributed by atoms with Gasteiger partial charge in [0.05, 0.1) is 51.3 Å². The lowest BCUT2D eigenvalue weighted by Crippen LogP contribution is -2.12. The van der Waals surface area contributed by atoms with Crippen LogP contribution in [0.2, 0.25) is 0 Å². The highest BCUT2D eigenvalue weighted by Gasteiger charge is 2.21. The first-order valence-electron chi connectivity index (χ1n) is 19.9. The van der Waals surface area contributed by atoms with Gasteiger partial charge in [-0.2, -0.15) is 5.26 Å². The molecule has 0 aliphatic carbocycles. The maximum atomic E-state index is 10.6. The molecule has 0 radical (unpaired) electrons. The molecule has 0 amide bonds. The Balaban J connectivity index is 1.13. The Morgan fingerprint density at radius 3 is 1.41 bits per heavy atom. The molecule has 0 unspecified atom stereocenters. The lowest BCUT2D eigenvalue weighted by molar-refractivity contribution is 0.590. The standard InChI is InChI=1S/C54H37N5/c1-54(2,3)37-27-36(29-41(30-37)59-50-19-11-7-15-44(50)46-31-38(56-4)21-23-52(46)59)35-25-34(33-55)26-40(28-35)58-51-20-12-8-16-45(51)47-32-39(22-24-53(47)58)57-48-17-9-5-13-42(48)43-14-6-10-18-49(43)57/h5-32H,1-3H3. The van der Waals surface area contributed by atoms with Gasteiger partial charge in [0.15, 0.2) is 5.69 Å². The normalized spacial score (nSPS) is 11.9. The van der Waals surface area contributed by atoms with Gasteiger partial charge in [-0.1, -0.05) is 106 Å². The molecule has 8 aromatic carbocycles. The minimum absolute atomic E-state index is 0.155. The largest absolute Gasteiger partial charge is 0.309 e. The molecule has 5 nitrogen and oxygen atoms in total. The topological polar surface area (TPSA) is 42.9 Å². The first-order chi connectivity index (χ1) is 28.8. The molecule has 0 aliphatic rings. The van der Waals surface area contributed by atoms with Crippen molar-refractivity contribution < 1.29 is 0 Å². The van der Waals surface area contributed by atoms with E-state index < -0.39 is 0 Å². The van der Waals surface area contributed by atoms with E-state index in [9.17, 15) is 5.26 Å². The third kappa shape index (κ3) is 5.29. The molecule has 0 saturated carbocycles. The van der Waals surface area contributed by atoms with Crippen molar-refractivity contribution in [3.63, 3.8) is 0 Å². The zero-order valence-corrected chi connectivity index (χ0v) is 32.9. The van der Waals surface area contributed by atoms with Crippen LogP contribution in [0.15, 0.2) is 170 Å². The number of hydrogen-bond donors (Lipinski definition) is 0. The second kappa shape index (κ2) is 12.8. The minimum Gasteiger partial charge on any atom is -0.309 e. The predicted molar refractivity (Wildman–Crippen MR) is 245 cm³/mol. The fraction of sp³-hybridized carbons (Fsp3) is 0.0741. The number of rotatable bonds is 4. The Hall–Kier alpha value is -7.86. The lowest BCUT2D eigenvalue weighted by Gasteiger charge is -2.23.